The molecule has 1 amide bonds. The molecule has 0 saturated heterocycles. The Kier molecular flexibility index (Phi) is 4.25. The lowest BCUT2D eigenvalue weighted by Crippen LogP contribution is -2.30. The number of nitrogens with one attached hydrogen (secondary N) is 1. The van der Waals surface area contributed by atoms with Crippen molar-refractivity contribution in [3.8, 4) is 5.75 Å². The maximum Gasteiger partial charge on any atom is 0.265 e. The summed E-state index contributed by atoms with van der Waals surface area (Å²) in [6, 6.07) is 11.4. The number of hydrogen-bond acceptors (Lipinski definition) is 5. The average Bonchev–Trinajstić information content (AvgIpc) is 2.93. The molecule has 0 bridgehead atoms. The second-order valence-electron chi connectivity index (χ2n) is 5.54. The number of anilines is 1. The van der Waals surface area contributed by atoms with Crippen molar-refractivity contribution in [1.82, 2.24) is 8.75 Å². The number of fused-ring (bicyclic) bond motifs is 1. The third kappa shape index (κ3) is 3.65. The van der Waals surface area contributed by atoms with Crippen LogP contribution in [0.2, 0.25) is 0 Å². The van der Waals surface area contributed by atoms with Gasteiger partial charge in [-0.15, -0.1) is 0 Å². The number of benzene rings is 2. The van der Waals surface area contributed by atoms with Crippen LogP contribution in [0.4, 0.5) is 5.69 Å². The summed E-state index contributed by atoms with van der Waals surface area (Å²) in [4.78, 5) is 12.3. The quantitative estimate of drug-likeness (QED) is 0.793. The van der Waals surface area contributed by atoms with E-state index in [1.165, 1.54) is 0 Å². The minimum atomic E-state index is -0.597. The smallest absolute Gasteiger partial charge is 0.265 e. The molecule has 1 heterocycles. The van der Waals surface area contributed by atoms with Crippen LogP contribution in [0, 0.1) is 13.8 Å². The van der Waals surface area contributed by atoms with E-state index in [0.717, 1.165) is 33.9 Å². The van der Waals surface area contributed by atoms with Crippen LogP contribution in [0.15, 0.2) is 36.4 Å². The van der Waals surface area contributed by atoms with E-state index in [4.69, 9.17) is 4.74 Å². The van der Waals surface area contributed by atoms with E-state index in [-0.39, 0.29) is 5.91 Å². The zero-order valence-corrected chi connectivity index (χ0v) is 14.0. The molecule has 1 unspecified atom stereocenters. The van der Waals surface area contributed by atoms with Gasteiger partial charge in [0.15, 0.2) is 6.10 Å². The average molecular weight is 327 g/mol. The van der Waals surface area contributed by atoms with Crippen molar-refractivity contribution in [2.24, 2.45) is 0 Å². The molecule has 5 nitrogen and oxygen atoms in total. The van der Waals surface area contributed by atoms with Crippen molar-refractivity contribution < 1.29 is 9.53 Å². The van der Waals surface area contributed by atoms with Gasteiger partial charge in [0.25, 0.3) is 5.91 Å². The normalized spacial score (nSPS) is 12.1. The van der Waals surface area contributed by atoms with E-state index in [2.05, 4.69) is 20.1 Å². The van der Waals surface area contributed by atoms with Crippen LogP contribution in [-0.4, -0.2) is 20.8 Å². The van der Waals surface area contributed by atoms with E-state index in [9.17, 15) is 4.79 Å². The highest BCUT2D eigenvalue weighted by Crippen LogP contribution is 2.20. The highest BCUT2D eigenvalue weighted by molar-refractivity contribution is 7.00. The van der Waals surface area contributed by atoms with E-state index in [1.54, 1.807) is 13.0 Å². The van der Waals surface area contributed by atoms with Crippen LogP contribution in [0.1, 0.15) is 18.1 Å². The van der Waals surface area contributed by atoms with E-state index in [0.29, 0.717) is 11.4 Å². The predicted octanol–water partition coefficient (Wildman–Crippen LogP) is 3.71. The molecular formula is C17H17N3O2S. The molecule has 118 valence electrons. The molecule has 0 aliphatic carbocycles. The molecule has 1 aromatic heterocycles. The first-order chi connectivity index (χ1) is 11.0. The molecule has 3 aromatic rings. The predicted molar refractivity (Wildman–Crippen MR) is 92.1 cm³/mol. The third-order valence-corrected chi connectivity index (χ3v) is 3.96. The summed E-state index contributed by atoms with van der Waals surface area (Å²) in [5.41, 5.74) is 4.50. The number of hydrogen-bond donors (Lipinski definition) is 1. The fraction of sp³-hybridized carbons (Fsp3) is 0.235. The number of aromatic nitrogens is 2. The van der Waals surface area contributed by atoms with Gasteiger partial charge in [0.05, 0.1) is 11.7 Å². The summed E-state index contributed by atoms with van der Waals surface area (Å²) in [5, 5.41) is 2.85. The Hall–Kier alpha value is -2.47. The molecule has 1 atom stereocenters. The Morgan fingerprint density at radius 3 is 2.52 bits per heavy atom. The molecule has 0 radical (unpaired) electrons. The summed E-state index contributed by atoms with van der Waals surface area (Å²) < 4.78 is 14.1. The summed E-state index contributed by atoms with van der Waals surface area (Å²) in [6.45, 7) is 5.74. The van der Waals surface area contributed by atoms with Gasteiger partial charge in [0.2, 0.25) is 0 Å². The second kappa shape index (κ2) is 6.34. The largest absolute Gasteiger partial charge is 0.481 e. The Morgan fingerprint density at radius 2 is 1.78 bits per heavy atom. The number of carbonyl (C=O) groups is 1. The Labute approximate surface area is 138 Å². The van der Waals surface area contributed by atoms with Gasteiger partial charge in [-0.25, -0.2) is 0 Å². The lowest BCUT2D eigenvalue weighted by molar-refractivity contribution is -0.122. The van der Waals surface area contributed by atoms with Gasteiger partial charge in [-0.05, 0) is 62.2 Å². The lowest BCUT2D eigenvalue weighted by atomic mass is 10.1. The molecule has 0 aliphatic heterocycles. The number of aryl methyl sites for hydroxylation is 2. The zero-order chi connectivity index (χ0) is 16.4. The van der Waals surface area contributed by atoms with Gasteiger partial charge in [0.1, 0.15) is 16.8 Å². The zero-order valence-electron chi connectivity index (χ0n) is 13.2. The van der Waals surface area contributed by atoms with Crippen molar-refractivity contribution >= 4 is 34.4 Å². The Bertz CT molecular complexity index is 840. The molecule has 0 saturated carbocycles. The monoisotopic (exact) mass is 327 g/mol. The number of rotatable bonds is 4. The summed E-state index contributed by atoms with van der Waals surface area (Å²) in [5.74, 6) is 0.496. The van der Waals surface area contributed by atoms with E-state index in [1.807, 2.05) is 38.1 Å². The molecule has 1 N–H and O–H groups in total. The van der Waals surface area contributed by atoms with Gasteiger partial charge in [-0.2, -0.15) is 8.75 Å². The second-order valence-corrected chi connectivity index (χ2v) is 6.07. The SMILES string of the molecule is Cc1cc(C)cc(OC(C)C(=O)Nc2ccc3nsnc3c2)c1. The molecule has 2 aromatic carbocycles. The van der Waals surface area contributed by atoms with Crippen LogP contribution in [0.5, 0.6) is 5.75 Å². The number of nitrogens with zero attached hydrogens (tertiary/aromatic N) is 2. The third-order valence-electron chi connectivity index (χ3n) is 3.40. The maximum atomic E-state index is 12.3. The Morgan fingerprint density at radius 1 is 1.09 bits per heavy atom. The molecular weight excluding hydrogens is 310 g/mol. The molecule has 23 heavy (non-hydrogen) atoms. The van der Waals surface area contributed by atoms with Crippen LogP contribution in [0.25, 0.3) is 11.0 Å². The highest BCUT2D eigenvalue weighted by Gasteiger charge is 2.15. The summed E-state index contributed by atoms with van der Waals surface area (Å²) >= 11 is 1.15. The molecule has 0 aliphatic rings. The van der Waals surface area contributed by atoms with Crippen LogP contribution in [-0.2, 0) is 4.79 Å². The highest BCUT2D eigenvalue weighted by atomic mass is 32.1. The maximum absolute atomic E-state index is 12.3. The summed E-state index contributed by atoms with van der Waals surface area (Å²) in [6.07, 6.45) is -0.597. The molecule has 0 spiro atoms. The van der Waals surface area contributed by atoms with E-state index >= 15 is 0 Å². The van der Waals surface area contributed by atoms with Gasteiger partial charge in [0, 0.05) is 5.69 Å². The van der Waals surface area contributed by atoms with Gasteiger partial charge >= 0.3 is 0 Å². The fourth-order valence-corrected chi connectivity index (χ4v) is 2.88. The van der Waals surface area contributed by atoms with Gasteiger partial charge < -0.3 is 10.1 Å². The molecule has 0 fully saturated rings. The number of amides is 1. The van der Waals surface area contributed by atoms with Crippen LogP contribution >= 0.6 is 11.7 Å². The molecule has 6 heteroatoms. The van der Waals surface area contributed by atoms with Crippen molar-refractivity contribution in [2.75, 3.05) is 5.32 Å². The van der Waals surface area contributed by atoms with Crippen molar-refractivity contribution in [3.05, 3.63) is 47.5 Å². The first kappa shape index (κ1) is 15.4. The first-order valence-electron chi connectivity index (χ1n) is 7.29. The van der Waals surface area contributed by atoms with Crippen LogP contribution < -0.4 is 10.1 Å². The lowest BCUT2D eigenvalue weighted by Gasteiger charge is -2.15. The number of ether oxygens (including phenoxy) is 1. The van der Waals surface area contributed by atoms with E-state index < -0.39 is 6.10 Å². The summed E-state index contributed by atoms with van der Waals surface area (Å²) in [7, 11) is 0. The Balaban J connectivity index is 1.69. The van der Waals surface area contributed by atoms with Gasteiger partial charge in [-0.3, -0.25) is 4.79 Å². The van der Waals surface area contributed by atoms with Crippen molar-refractivity contribution in [3.63, 3.8) is 0 Å². The minimum absolute atomic E-state index is 0.202. The standard InChI is InChI=1S/C17H17N3O2S/c1-10-6-11(2)8-14(7-10)22-12(3)17(21)18-13-4-5-15-16(9-13)20-23-19-15/h4-9,12H,1-3H3,(H,18,21). The van der Waals surface area contributed by atoms with Crippen molar-refractivity contribution in [1.29, 1.82) is 0 Å². The minimum Gasteiger partial charge on any atom is -0.481 e. The van der Waals surface area contributed by atoms with Crippen molar-refractivity contribution in [2.45, 2.75) is 26.9 Å². The first-order valence-corrected chi connectivity index (χ1v) is 8.02. The number of carbonyl (C=O) groups excluding carboxylic acids is 1. The topological polar surface area (TPSA) is 64.1 Å². The molecule has 3 rings (SSSR count). The fourth-order valence-electron chi connectivity index (χ4n) is 2.36. The van der Waals surface area contributed by atoms with Crippen LogP contribution in [0.3, 0.4) is 0 Å². The van der Waals surface area contributed by atoms with Gasteiger partial charge in [-0.1, -0.05) is 6.07 Å².